The molecule has 1 spiro atoms. The number of likely N-dealkylation sites (tertiary alicyclic amines) is 1. The topological polar surface area (TPSA) is 53.4 Å². The molecular formula is C15H19ClN2O2. The summed E-state index contributed by atoms with van der Waals surface area (Å²) in [5, 5.41) is 10.8. The van der Waals surface area contributed by atoms with Gasteiger partial charge in [-0.05, 0) is 37.8 Å². The van der Waals surface area contributed by atoms with E-state index in [1.807, 2.05) is 4.90 Å². The maximum Gasteiger partial charge on any atom is 0.272 e. The molecule has 2 fully saturated rings. The molecule has 0 bridgehead atoms. The number of hydrogen-bond acceptors (Lipinski definition) is 3. The number of aromatic nitrogens is 1. The number of aliphatic hydroxyl groups excluding tert-OH is 1. The van der Waals surface area contributed by atoms with Crippen molar-refractivity contribution in [1.29, 1.82) is 0 Å². The Morgan fingerprint density at radius 2 is 2.20 bits per heavy atom. The van der Waals surface area contributed by atoms with E-state index in [9.17, 15) is 9.90 Å². The van der Waals surface area contributed by atoms with E-state index in [1.165, 1.54) is 6.20 Å². The van der Waals surface area contributed by atoms with Crippen LogP contribution in [0.2, 0.25) is 5.02 Å². The average molecular weight is 295 g/mol. The predicted octanol–water partition coefficient (Wildman–Crippen LogP) is 2.50. The van der Waals surface area contributed by atoms with E-state index in [0.717, 1.165) is 38.6 Å². The lowest BCUT2D eigenvalue weighted by molar-refractivity contribution is -0.00555. The third-order valence-electron chi connectivity index (χ3n) is 4.70. The molecule has 2 atom stereocenters. The predicted molar refractivity (Wildman–Crippen MR) is 76.7 cm³/mol. The second-order valence-corrected chi connectivity index (χ2v) is 6.40. The van der Waals surface area contributed by atoms with Crippen LogP contribution in [0.15, 0.2) is 18.3 Å². The number of pyridine rings is 1. The first kappa shape index (κ1) is 13.8. The monoisotopic (exact) mass is 294 g/mol. The highest BCUT2D eigenvalue weighted by Gasteiger charge is 2.45. The quantitative estimate of drug-likeness (QED) is 0.866. The van der Waals surface area contributed by atoms with Crippen LogP contribution in [0.5, 0.6) is 0 Å². The lowest BCUT2D eigenvalue weighted by Crippen LogP contribution is -2.49. The van der Waals surface area contributed by atoms with Gasteiger partial charge in [0.15, 0.2) is 0 Å². The minimum Gasteiger partial charge on any atom is -0.392 e. The Bertz CT molecular complexity index is 505. The summed E-state index contributed by atoms with van der Waals surface area (Å²) in [4.78, 5) is 18.4. The van der Waals surface area contributed by atoms with Crippen LogP contribution < -0.4 is 0 Å². The fourth-order valence-electron chi connectivity index (χ4n) is 3.59. The van der Waals surface area contributed by atoms with Gasteiger partial charge in [0.05, 0.1) is 11.1 Å². The first-order chi connectivity index (χ1) is 9.61. The number of hydrogen-bond donors (Lipinski definition) is 1. The second-order valence-electron chi connectivity index (χ2n) is 5.96. The third kappa shape index (κ3) is 2.42. The van der Waals surface area contributed by atoms with Gasteiger partial charge in [-0.25, -0.2) is 4.98 Å². The minimum atomic E-state index is -0.267. The van der Waals surface area contributed by atoms with E-state index < -0.39 is 0 Å². The van der Waals surface area contributed by atoms with Crippen LogP contribution in [-0.2, 0) is 0 Å². The normalized spacial score (nSPS) is 29.9. The molecule has 3 rings (SSSR count). The SMILES string of the molecule is O=C(c1ccc(Cl)cn1)N1CCC[C@@]2(CCC[C@H]2O)C1. The molecule has 1 saturated carbocycles. The van der Waals surface area contributed by atoms with Crippen LogP contribution in [0.1, 0.15) is 42.6 Å². The summed E-state index contributed by atoms with van der Waals surface area (Å²) in [6.07, 6.45) is 6.15. The lowest BCUT2D eigenvalue weighted by atomic mass is 9.76. The summed E-state index contributed by atoms with van der Waals surface area (Å²) in [5.41, 5.74) is 0.347. The van der Waals surface area contributed by atoms with Crippen LogP contribution in [0.4, 0.5) is 0 Å². The van der Waals surface area contributed by atoms with Crippen molar-refractivity contribution in [1.82, 2.24) is 9.88 Å². The fraction of sp³-hybridized carbons (Fsp3) is 0.600. The van der Waals surface area contributed by atoms with Crippen LogP contribution in [0.3, 0.4) is 0 Å². The van der Waals surface area contributed by atoms with Crippen molar-refractivity contribution in [2.45, 2.75) is 38.2 Å². The molecule has 1 amide bonds. The van der Waals surface area contributed by atoms with E-state index >= 15 is 0 Å². The molecule has 0 radical (unpaired) electrons. The number of nitrogens with zero attached hydrogens (tertiary/aromatic N) is 2. The van der Waals surface area contributed by atoms with Gasteiger partial charge in [0.1, 0.15) is 5.69 Å². The molecule has 2 heterocycles. The van der Waals surface area contributed by atoms with Gasteiger partial charge in [0, 0.05) is 24.7 Å². The molecule has 1 aliphatic carbocycles. The highest BCUT2D eigenvalue weighted by Crippen LogP contribution is 2.45. The number of piperidine rings is 1. The molecule has 1 aliphatic heterocycles. The largest absolute Gasteiger partial charge is 0.392 e. The Morgan fingerprint density at radius 3 is 2.85 bits per heavy atom. The summed E-state index contributed by atoms with van der Waals surface area (Å²) in [6, 6.07) is 3.35. The molecule has 2 aliphatic rings. The number of carbonyl (C=O) groups excluding carboxylic acids is 1. The van der Waals surface area contributed by atoms with Crippen molar-refractivity contribution >= 4 is 17.5 Å². The molecule has 1 saturated heterocycles. The van der Waals surface area contributed by atoms with Gasteiger partial charge < -0.3 is 10.0 Å². The molecule has 4 nitrogen and oxygen atoms in total. The van der Waals surface area contributed by atoms with E-state index in [1.54, 1.807) is 12.1 Å². The summed E-state index contributed by atoms with van der Waals surface area (Å²) >= 11 is 5.80. The zero-order chi connectivity index (χ0) is 14.2. The average Bonchev–Trinajstić information content (AvgIpc) is 2.80. The molecule has 0 aromatic carbocycles. The second kappa shape index (κ2) is 5.34. The number of aliphatic hydroxyl groups is 1. The molecule has 1 N–H and O–H groups in total. The number of rotatable bonds is 1. The van der Waals surface area contributed by atoms with Crippen LogP contribution in [-0.4, -0.2) is 40.1 Å². The van der Waals surface area contributed by atoms with Crippen molar-refractivity contribution in [2.24, 2.45) is 5.41 Å². The van der Waals surface area contributed by atoms with Crippen molar-refractivity contribution in [2.75, 3.05) is 13.1 Å². The Kier molecular flexibility index (Phi) is 3.69. The van der Waals surface area contributed by atoms with E-state index in [-0.39, 0.29) is 17.4 Å². The molecular weight excluding hydrogens is 276 g/mol. The highest BCUT2D eigenvalue weighted by atomic mass is 35.5. The lowest BCUT2D eigenvalue weighted by Gasteiger charge is -2.42. The molecule has 1 aromatic heterocycles. The number of carbonyl (C=O) groups is 1. The maximum atomic E-state index is 12.5. The van der Waals surface area contributed by atoms with Gasteiger partial charge in [0.25, 0.3) is 5.91 Å². The highest BCUT2D eigenvalue weighted by molar-refractivity contribution is 6.30. The van der Waals surface area contributed by atoms with Gasteiger partial charge in [0.2, 0.25) is 0 Å². The maximum absolute atomic E-state index is 12.5. The molecule has 0 unspecified atom stereocenters. The van der Waals surface area contributed by atoms with Gasteiger partial charge in [-0.2, -0.15) is 0 Å². The number of amides is 1. The van der Waals surface area contributed by atoms with Crippen molar-refractivity contribution in [3.8, 4) is 0 Å². The number of halogens is 1. The summed E-state index contributed by atoms with van der Waals surface area (Å²) in [5.74, 6) is -0.0557. The molecule has 1 aromatic rings. The molecule has 20 heavy (non-hydrogen) atoms. The Hall–Kier alpha value is -1.13. The smallest absolute Gasteiger partial charge is 0.272 e. The fourth-order valence-corrected chi connectivity index (χ4v) is 3.71. The van der Waals surface area contributed by atoms with Crippen molar-refractivity contribution in [3.63, 3.8) is 0 Å². The van der Waals surface area contributed by atoms with Gasteiger partial charge in [-0.15, -0.1) is 0 Å². The Balaban J connectivity index is 1.76. The van der Waals surface area contributed by atoms with E-state index in [4.69, 9.17) is 11.6 Å². The summed E-state index contributed by atoms with van der Waals surface area (Å²) < 4.78 is 0. The molecule has 108 valence electrons. The van der Waals surface area contributed by atoms with Gasteiger partial charge >= 0.3 is 0 Å². The van der Waals surface area contributed by atoms with Crippen molar-refractivity contribution in [3.05, 3.63) is 29.0 Å². The molecule has 5 heteroatoms. The van der Waals surface area contributed by atoms with Gasteiger partial charge in [-0.3, -0.25) is 4.79 Å². The third-order valence-corrected chi connectivity index (χ3v) is 4.92. The Labute approximate surface area is 123 Å². The van der Waals surface area contributed by atoms with Gasteiger partial charge in [-0.1, -0.05) is 18.0 Å². The van der Waals surface area contributed by atoms with E-state index in [2.05, 4.69) is 4.98 Å². The van der Waals surface area contributed by atoms with E-state index in [0.29, 0.717) is 17.3 Å². The Morgan fingerprint density at radius 1 is 1.40 bits per heavy atom. The summed E-state index contributed by atoms with van der Waals surface area (Å²) in [7, 11) is 0. The minimum absolute atomic E-state index is 0.0557. The van der Waals surface area contributed by atoms with Crippen molar-refractivity contribution < 1.29 is 9.90 Å². The zero-order valence-electron chi connectivity index (χ0n) is 11.4. The zero-order valence-corrected chi connectivity index (χ0v) is 12.1. The summed E-state index contributed by atoms with van der Waals surface area (Å²) in [6.45, 7) is 1.40. The first-order valence-electron chi connectivity index (χ1n) is 7.20. The van der Waals surface area contributed by atoms with Crippen LogP contribution in [0, 0.1) is 5.41 Å². The van der Waals surface area contributed by atoms with Crippen LogP contribution in [0.25, 0.3) is 0 Å². The first-order valence-corrected chi connectivity index (χ1v) is 7.57. The van der Waals surface area contributed by atoms with Crippen LogP contribution >= 0.6 is 11.6 Å². The standard InChI is InChI=1S/C15H19ClN2O2/c16-11-4-5-12(17-9-11)14(20)18-8-2-7-15(10-18)6-1-3-13(15)19/h4-5,9,13,19H,1-3,6-8,10H2/t13-,15+/m1/s1.